The van der Waals surface area contributed by atoms with E-state index in [9.17, 15) is 9.59 Å². The zero-order chi connectivity index (χ0) is 21.0. The Bertz CT molecular complexity index is 1070. The summed E-state index contributed by atoms with van der Waals surface area (Å²) in [6.45, 7) is 7.81. The van der Waals surface area contributed by atoms with Crippen molar-refractivity contribution >= 4 is 16.9 Å². The van der Waals surface area contributed by atoms with Crippen molar-refractivity contribution in [2.24, 2.45) is 5.92 Å². The number of hydrogen-bond acceptors (Lipinski definition) is 6. The van der Waals surface area contributed by atoms with E-state index in [4.69, 9.17) is 18.6 Å². The van der Waals surface area contributed by atoms with E-state index in [-0.39, 0.29) is 17.1 Å². The van der Waals surface area contributed by atoms with Crippen LogP contribution in [0.25, 0.3) is 11.0 Å². The molecule has 152 valence electrons. The molecule has 1 heterocycles. The molecule has 0 aliphatic heterocycles. The quantitative estimate of drug-likeness (QED) is 0.531. The maximum atomic E-state index is 12.7. The summed E-state index contributed by atoms with van der Waals surface area (Å²) in [6.07, 6.45) is 0.499. The molecule has 0 bridgehead atoms. The number of rotatable bonds is 7. The van der Waals surface area contributed by atoms with Gasteiger partial charge in [-0.3, -0.25) is 4.79 Å². The van der Waals surface area contributed by atoms with Crippen molar-refractivity contribution in [3.63, 3.8) is 0 Å². The molecule has 6 nitrogen and oxygen atoms in total. The third-order valence-electron chi connectivity index (χ3n) is 4.14. The van der Waals surface area contributed by atoms with E-state index in [2.05, 4.69) is 0 Å². The molecule has 29 heavy (non-hydrogen) atoms. The summed E-state index contributed by atoms with van der Waals surface area (Å²) in [6, 6.07) is 12.2. The van der Waals surface area contributed by atoms with E-state index >= 15 is 0 Å². The molecule has 0 fully saturated rings. The lowest BCUT2D eigenvalue weighted by molar-refractivity contribution is -0.152. The number of fused-ring (bicyclic) bond motifs is 1. The van der Waals surface area contributed by atoms with Gasteiger partial charge in [0.25, 0.3) is 0 Å². The first-order valence-corrected chi connectivity index (χ1v) is 9.47. The molecule has 0 aliphatic carbocycles. The maximum Gasteiger partial charge on any atom is 0.347 e. The van der Waals surface area contributed by atoms with Gasteiger partial charge in [-0.1, -0.05) is 26.0 Å². The Balaban J connectivity index is 1.77. The lowest BCUT2D eigenvalue weighted by Gasteiger charge is -2.15. The summed E-state index contributed by atoms with van der Waals surface area (Å²) in [5.41, 5.74) is 1.08. The minimum absolute atomic E-state index is 0.0994. The summed E-state index contributed by atoms with van der Waals surface area (Å²) in [5.74, 6) is 0.870. The highest BCUT2D eigenvalue weighted by molar-refractivity contribution is 5.79. The fourth-order valence-electron chi connectivity index (χ4n) is 2.66. The summed E-state index contributed by atoms with van der Waals surface area (Å²) in [4.78, 5) is 24.7. The van der Waals surface area contributed by atoms with Gasteiger partial charge in [-0.25, -0.2) is 4.79 Å². The molecule has 0 unspecified atom stereocenters. The van der Waals surface area contributed by atoms with Crippen molar-refractivity contribution in [1.82, 2.24) is 0 Å². The van der Waals surface area contributed by atoms with Crippen LogP contribution in [-0.4, -0.2) is 18.7 Å². The molecule has 2 aromatic carbocycles. The minimum atomic E-state index is -0.776. The van der Waals surface area contributed by atoms with Gasteiger partial charge >= 0.3 is 5.97 Å². The largest absolute Gasteiger partial charge is 0.479 e. The number of aryl methyl sites for hydroxylation is 1. The number of hydrogen-bond donors (Lipinski definition) is 0. The number of ether oxygens (including phenoxy) is 3. The standard InChI is InChI=1S/C23H24O6/c1-14(2)12-27-23(25)16(4)28-18-8-9-19-20(11-18)26-13-21(22(19)24)29-17-7-5-6-15(3)10-17/h5-11,13-14,16H,12H2,1-4H3/t16-/m1/s1. The molecule has 3 aromatic rings. The van der Waals surface area contributed by atoms with Crippen LogP contribution >= 0.6 is 0 Å². The fraction of sp³-hybridized carbons (Fsp3) is 0.304. The van der Waals surface area contributed by atoms with E-state index in [0.29, 0.717) is 29.1 Å². The first-order chi connectivity index (χ1) is 13.8. The topological polar surface area (TPSA) is 75.0 Å². The highest BCUT2D eigenvalue weighted by atomic mass is 16.6. The lowest BCUT2D eigenvalue weighted by Crippen LogP contribution is -2.27. The van der Waals surface area contributed by atoms with Crippen LogP contribution < -0.4 is 14.9 Å². The number of benzene rings is 2. The van der Waals surface area contributed by atoms with Crippen LogP contribution in [0.5, 0.6) is 17.2 Å². The molecular weight excluding hydrogens is 372 g/mol. The van der Waals surface area contributed by atoms with Crippen molar-refractivity contribution < 1.29 is 23.4 Å². The number of carbonyl (C=O) groups excluding carboxylic acids is 1. The molecule has 0 spiro atoms. The fourth-order valence-corrected chi connectivity index (χ4v) is 2.66. The van der Waals surface area contributed by atoms with Crippen molar-refractivity contribution in [3.05, 3.63) is 64.5 Å². The summed E-state index contributed by atoms with van der Waals surface area (Å²) in [7, 11) is 0. The first kappa shape index (κ1) is 20.5. The predicted molar refractivity (Wildman–Crippen MR) is 110 cm³/mol. The second-order valence-electron chi connectivity index (χ2n) is 7.29. The predicted octanol–water partition coefficient (Wildman–Crippen LogP) is 4.86. The third-order valence-corrected chi connectivity index (χ3v) is 4.14. The van der Waals surface area contributed by atoms with Gasteiger partial charge in [0.15, 0.2) is 6.10 Å². The Morgan fingerprint density at radius 2 is 1.86 bits per heavy atom. The SMILES string of the molecule is Cc1cccc(Oc2coc3cc(O[C@H](C)C(=O)OCC(C)C)ccc3c2=O)c1. The van der Waals surface area contributed by atoms with Crippen LogP contribution in [0.2, 0.25) is 0 Å². The van der Waals surface area contributed by atoms with Crippen LogP contribution in [0, 0.1) is 12.8 Å². The third kappa shape index (κ3) is 5.16. The van der Waals surface area contributed by atoms with Crippen LogP contribution in [-0.2, 0) is 9.53 Å². The molecule has 0 radical (unpaired) electrons. The van der Waals surface area contributed by atoms with Crippen molar-refractivity contribution in [2.75, 3.05) is 6.61 Å². The average Bonchev–Trinajstić information content (AvgIpc) is 2.68. The van der Waals surface area contributed by atoms with Crippen molar-refractivity contribution in [1.29, 1.82) is 0 Å². The Labute approximate surface area is 169 Å². The zero-order valence-electron chi connectivity index (χ0n) is 16.9. The monoisotopic (exact) mass is 396 g/mol. The summed E-state index contributed by atoms with van der Waals surface area (Å²) < 4.78 is 22.0. The molecule has 0 N–H and O–H groups in total. The molecule has 6 heteroatoms. The van der Waals surface area contributed by atoms with Gasteiger partial charge in [-0.2, -0.15) is 0 Å². The molecule has 0 aliphatic rings. The van der Waals surface area contributed by atoms with E-state index in [1.54, 1.807) is 31.2 Å². The van der Waals surface area contributed by atoms with Crippen molar-refractivity contribution in [3.8, 4) is 17.2 Å². The molecule has 0 saturated heterocycles. The second kappa shape index (κ2) is 8.82. The van der Waals surface area contributed by atoms with Gasteiger partial charge < -0.3 is 18.6 Å². The summed E-state index contributed by atoms with van der Waals surface area (Å²) >= 11 is 0. The van der Waals surface area contributed by atoms with Crippen LogP contribution in [0.3, 0.4) is 0 Å². The molecule has 0 saturated carbocycles. The lowest BCUT2D eigenvalue weighted by atomic mass is 10.2. The van der Waals surface area contributed by atoms with Gasteiger partial charge in [0, 0.05) is 6.07 Å². The van der Waals surface area contributed by atoms with Gasteiger partial charge in [-0.05, 0) is 49.6 Å². The first-order valence-electron chi connectivity index (χ1n) is 9.47. The smallest absolute Gasteiger partial charge is 0.347 e. The molecule has 1 aromatic heterocycles. The minimum Gasteiger partial charge on any atom is -0.479 e. The molecule has 0 amide bonds. The van der Waals surface area contributed by atoms with Gasteiger partial charge in [0.05, 0.1) is 12.0 Å². The normalized spacial score (nSPS) is 12.0. The number of carbonyl (C=O) groups is 1. The molecule has 3 rings (SSSR count). The Morgan fingerprint density at radius 1 is 1.07 bits per heavy atom. The highest BCUT2D eigenvalue weighted by Gasteiger charge is 2.18. The van der Waals surface area contributed by atoms with Crippen LogP contribution in [0.4, 0.5) is 0 Å². The van der Waals surface area contributed by atoms with Crippen molar-refractivity contribution in [2.45, 2.75) is 33.8 Å². The number of esters is 1. The Hall–Kier alpha value is -3.28. The summed E-state index contributed by atoms with van der Waals surface area (Å²) in [5, 5.41) is 0.359. The van der Waals surface area contributed by atoms with Crippen LogP contribution in [0.1, 0.15) is 26.3 Å². The van der Waals surface area contributed by atoms with Gasteiger partial charge in [0.1, 0.15) is 23.3 Å². The maximum absolute atomic E-state index is 12.7. The van der Waals surface area contributed by atoms with Crippen LogP contribution in [0.15, 0.2) is 57.9 Å². The zero-order valence-corrected chi connectivity index (χ0v) is 16.9. The second-order valence-corrected chi connectivity index (χ2v) is 7.29. The molecule has 1 atom stereocenters. The molecular formula is C23H24O6. The highest BCUT2D eigenvalue weighted by Crippen LogP contribution is 2.25. The Morgan fingerprint density at radius 3 is 2.59 bits per heavy atom. The van der Waals surface area contributed by atoms with Gasteiger partial charge in [-0.15, -0.1) is 0 Å². The Kier molecular flexibility index (Phi) is 6.22. The average molecular weight is 396 g/mol. The van der Waals surface area contributed by atoms with E-state index in [1.165, 1.54) is 6.26 Å². The van der Waals surface area contributed by atoms with E-state index in [0.717, 1.165) is 5.56 Å². The van der Waals surface area contributed by atoms with Gasteiger partial charge in [0.2, 0.25) is 11.2 Å². The van der Waals surface area contributed by atoms with E-state index in [1.807, 2.05) is 39.0 Å². The van der Waals surface area contributed by atoms with E-state index < -0.39 is 12.1 Å².